The van der Waals surface area contributed by atoms with Crippen LogP contribution in [0.1, 0.15) is 95.8 Å². The molecule has 0 bridgehead atoms. The van der Waals surface area contributed by atoms with Crippen LogP contribution in [0, 0.1) is 21.7 Å². The summed E-state index contributed by atoms with van der Waals surface area (Å²) in [6.07, 6.45) is 0. The SMILES string of the molecule is CC(C)(CN1CCN(C2=Nc3ccccc3Oc3ccccc32)CC1)C(=O)O.CC(C)(CN1CCN(C2=Nc3ccccc3Oc3ccccc32)CC1)C(=O)[O-].CCN(CC[NH2+]C1=Nc2ccccc2Oc2ccccc21)CC(C)(C)C(=O)[O-].CCN(CC[NH2+]C1=[NH+]c2ccccc2Oc2ccccc21)CC(C)(C)C(=O)[O-].Cl.Cl.[Cl-].[Cl-].[Cl-].[H+].[H+].[H+]. The van der Waals surface area contributed by atoms with E-state index in [4.69, 9.17) is 33.9 Å². The number of hydrogen-bond donors (Lipinski definition) is 4. The number of ether oxygens (including phenoxy) is 4. The number of hydrogen-bond acceptors (Lipinski definition) is 20. The van der Waals surface area contributed by atoms with Gasteiger partial charge in [-0.25, -0.2) is 9.98 Å². The van der Waals surface area contributed by atoms with Crippen LogP contribution in [0.25, 0.3) is 0 Å². The second-order valence-corrected chi connectivity index (χ2v) is 31.2. The summed E-state index contributed by atoms with van der Waals surface area (Å²) in [5, 5.41) is 47.6. The molecule has 14 rings (SSSR count). The smallest absolute Gasteiger partial charge is 1.00 e. The fraction of sp³-hybridized carbons (Fsp3) is 0.364. The number of quaternary nitrogens is 2. The summed E-state index contributed by atoms with van der Waals surface area (Å²) in [6, 6.07) is 63.0. The Morgan fingerprint density at radius 2 is 0.735 bits per heavy atom. The van der Waals surface area contributed by atoms with Crippen molar-refractivity contribution in [1.82, 2.24) is 29.4 Å². The monoisotopic (exact) mass is 1700 g/mol. The van der Waals surface area contributed by atoms with Gasteiger partial charge in [0.15, 0.2) is 23.0 Å². The highest BCUT2D eigenvalue weighted by molar-refractivity contribution is 6.05. The van der Waals surface area contributed by atoms with Crippen LogP contribution in [0.2, 0.25) is 0 Å². The molecule has 0 aliphatic carbocycles. The van der Waals surface area contributed by atoms with Crippen LogP contribution in [-0.4, -0.2) is 200 Å². The van der Waals surface area contributed by atoms with Crippen LogP contribution in [0.3, 0.4) is 0 Å². The van der Waals surface area contributed by atoms with Gasteiger partial charge in [0.2, 0.25) is 5.84 Å². The Morgan fingerprint density at radius 1 is 0.419 bits per heavy atom. The summed E-state index contributed by atoms with van der Waals surface area (Å²) in [5.74, 6) is 6.12. The van der Waals surface area contributed by atoms with Crippen molar-refractivity contribution < 1.29 is 116 Å². The molecule has 6 N–H and O–H groups in total. The number of nitrogens with two attached hydrogens (primary N) is 2. The Balaban J connectivity index is 0.000000404. The average molecular weight is 1700 g/mol. The molecule has 0 radical (unpaired) electrons. The molecule has 6 heterocycles. The van der Waals surface area contributed by atoms with Gasteiger partial charge in [-0.1, -0.05) is 152 Å². The summed E-state index contributed by atoms with van der Waals surface area (Å²) < 4.78 is 24.4. The number of carbonyl (C=O) groups excluding carboxylic acids is 3. The van der Waals surface area contributed by atoms with Crippen LogP contribution < -0.4 is 87.1 Å². The maximum Gasteiger partial charge on any atom is 1.00 e. The van der Waals surface area contributed by atoms with E-state index in [0.717, 1.165) is 206 Å². The van der Waals surface area contributed by atoms with Crippen LogP contribution >= 0.6 is 24.8 Å². The van der Waals surface area contributed by atoms with Crippen molar-refractivity contribution >= 4 is 94.8 Å². The van der Waals surface area contributed by atoms with Gasteiger partial charge in [-0.3, -0.25) is 35.0 Å². The number of piperazine rings is 2. The molecule has 0 saturated carbocycles. The molecule has 117 heavy (non-hydrogen) atoms. The summed E-state index contributed by atoms with van der Waals surface area (Å²) in [7, 11) is 0. The van der Waals surface area contributed by atoms with Gasteiger partial charge in [-0.15, -0.1) is 24.8 Å². The summed E-state index contributed by atoms with van der Waals surface area (Å²) in [4.78, 5) is 76.7. The van der Waals surface area contributed by atoms with E-state index < -0.39 is 45.5 Å². The van der Waals surface area contributed by atoms with Crippen molar-refractivity contribution in [1.29, 1.82) is 0 Å². The van der Waals surface area contributed by atoms with E-state index in [1.807, 2.05) is 208 Å². The normalized spacial score (nSPS) is 14.5. The van der Waals surface area contributed by atoms with Gasteiger partial charge in [0.25, 0.3) is 5.69 Å². The molecule has 29 heteroatoms. The van der Waals surface area contributed by atoms with Gasteiger partial charge >= 0.3 is 16.1 Å². The Morgan fingerprint density at radius 3 is 1.14 bits per heavy atom. The first-order valence-corrected chi connectivity index (χ1v) is 38.5. The molecule has 24 nitrogen and oxygen atoms in total. The highest BCUT2D eigenvalue weighted by Gasteiger charge is 2.35. The zero-order valence-electron chi connectivity index (χ0n) is 70.8. The molecule has 2 saturated heterocycles. The van der Waals surface area contributed by atoms with Crippen molar-refractivity contribution in [3.05, 3.63) is 216 Å². The minimum Gasteiger partial charge on any atom is -1.00 e. The molecule has 0 spiro atoms. The van der Waals surface area contributed by atoms with Crippen molar-refractivity contribution in [2.45, 2.75) is 69.2 Å². The molecule has 0 aromatic heterocycles. The second kappa shape index (κ2) is 43.7. The van der Waals surface area contributed by atoms with Crippen molar-refractivity contribution in [3.63, 3.8) is 0 Å². The van der Waals surface area contributed by atoms with Crippen molar-refractivity contribution in [2.75, 3.05) is 118 Å². The minimum absolute atomic E-state index is 0. The first-order valence-electron chi connectivity index (χ1n) is 38.5. The number of nitrogen functional groups attached to an aromatic ring is 1. The van der Waals surface area contributed by atoms with E-state index in [-0.39, 0.29) is 66.3 Å². The zero-order chi connectivity index (χ0) is 79.7. The maximum absolute atomic E-state index is 11.4. The van der Waals surface area contributed by atoms with Crippen LogP contribution in [-0.2, 0) is 19.2 Å². The van der Waals surface area contributed by atoms with Crippen LogP contribution in [0.5, 0.6) is 46.0 Å². The number of halogens is 5. The highest BCUT2D eigenvalue weighted by atomic mass is 35.5. The van der Waals surface area contributed by atoms with Gasteiger partial charge in [0.1, 0.15) is 57.3 Å². The fourth-order valence-electron chi connectivity index (χ4n) is 13.8. The second-order valence-electron chi connectivity index (χ2n) is 31.2. The largest absolute Gasteiger partial charge is 1.00 e. The van der Waals surface area contributed by atoms with Crippen molar-refractivity contribution in [2.24, 2.45) is 36.6 Å². The third kappa shape index (κ3) is 25.2. The Hall–Kier alpha value is -9.67. The van der Waals surface area contributed by atoms with Gasteiger partial charge in [-0.2, -0.15) is 9.98 Å². The number of para-hydroxylation sites is 12. The van der Waals surface area contributed by atoms with Crippen LogP contribution in [0.4, 0.5) is 22.7 Å². The van der Waals surface area contributed by atoms with Gasteiger partial charge < -0.3 is 101 Å². The number of nitrogens with zero attached hydrogens (tertiary/aromatic N) is 9. The number of carboxylic acids is 4. The number of aliphatic carboxylic acids is 4. The van der Waals surface area contributed by atoms with Gasteiger partial charge in [-0.05, 0) is 118 Å². The van der Waals surface area contributed by atoms with E-state index >= 15 is 0 Å². The lowest BCUT2D eigenvalue weighted by Gasteiger charge is -2.40. The molecule has 6 aliphatic rings. The molecule has 8 aromatic rings. The average Bonchev–Trinajstić information content (AvgIpc) is 1.63. The summed E-state index contributed by atoms with van der Waals surface area (Å²) in [5.41, 5.74) is 3.93. The fourth-order valence-corrected chi connectivity index (χ4v) is 13.8. The number of benzene rings is 8. The zero-order valence-corrected chi connectivity index (χ0v) is 71.7. The molecule has 0 unspecified atom stereocenters. The van der Waals surface area contributed by atoms with E-state index in [9.17, 15) is 39.6 Å². The minimum atomic E-state index is -1.02. The Bertz CT molecular complexity index is 4460. The predicted octanol–water partition coefficient (Wildman–Crippen LogP) is -0.799. The molecular formula is C88H109Cl5N12O12. The van der Waals surface area contributed by atoms with Crippen LogP contribution in [0.15, 0.2) is 209 Å². The van der Waals surface area contributed by atoms with E-state index in [2.05, 4.69) is 45.0 Å². The molecule has 628 valence electrons. The quantitative estimate of drug-likeness (QED) is 0.0726. The number of likely N-dealkylation sites (N-methyl/N-ethyl adjacent to an activating group) is 2. The first kappa shape index (κ1) is 96.2. The lowest BCUT2D eigenvalue weighted by Crippen LogP contribution is -3.00. The van der Waals surface area contributed by atoms with E-state index in [1.54, 1.807) is 55.4 Å². The number of amidine groups is 4. The van der Waals surface area contributed by atoms with E-state index in [0.29, 0.717) is 26.2 Å². The molecule has 6 aliphatic heterocycles. The number of carboxylic acid groups (broad SMARTS) is 4. The third-order valence-electron chi connectivity index (χ3n) is 20.4. The lowest BCUT2D eigenvalue weighted by atomic mass is 9.93. The summed E-state index contributed by atoms with van der Waals surface area (Å²) in [6.45, 7) is 30.8. The number of aliphatic imine (C=N–C) groups is 3. The molecule has 0 amide bonds. The van der Waals surface area contributed by atoms with Gasteiger partial charge in [0, 0.05) is 132 Å². The van der Waals surface area contributed by atoms with Gasteiger partial charge in [0.05, 0.1) is 35.2 Å². The third-order valence-corrected chi connectivity index (χ3v) is 20.4. The van der Waals surface area contributed by atoms with E-state index in [1.165, 1.54) is 0 Å². The first-order chi connectivity index (χ1) is 53.7. The maximum atomic E-state index is 11.4. The number of fused-ring (bicyclic) bond motifs is 8. The Kier molecular flexibility index (Phi) is 35.9. The standard InChI is InChI=1S/2C22H25N3O3.2C22H27N3O3.5ClH/c2*1-22(2,21(26)27)15-24-11-13-25(14-12-24)20-16-7-3-5-9-18(16)28-19-10-6-4-8-17(19)23-20;2*1-4-25(15-22(2,3)21(26)27)14-13-23-20-16-9-5-7-11-18(16)28-19-12-8-6-10-17(19)24-20;;;;;/h2*3-10H,11-15H2,1-2H3,(H,26,27);2*5-12H,4,13-15H2,1-3H3,(H,23,24)(H,26,27);5*1H. The topological polar surface area (TPSA) is 298 Å². The summed E-state index contributed by atoms with van der Waals surface area (Å²) >= 11 is 0. The lowest BCUT2D eigenvalue weighted by molar-refractivity contribution is -0.589. The highest BCUT2D eigenvalue weighted by Crippen LogP contribution is 2.41. The molecule has 0 atom stereocenters. The Labute approximate surface area is 721 Å². The molecular weight excluding hydrogens is 1590 g/mol. The number of rotatable bonds is 20. The number of nitrogens with one attached hydrogen (secondary N) is 1. The van der Waals surface area contributed by atoms with Crippen molar-refractivity contribution in [3.8, 4) is 46.0 Å². The molecule has 2 fully saturated rings. The number of carbonyl (C=O) groups is 4. The molecule has 8 aromatic carbocycles. The predicted molar refractivity (Wildman–Crippen MR) is 445 cm³/mol.